The van der Waals surface area contributed by atoms with Gasteiger partial charge in [0.15, 0.2) is 0 Å². The lowest BCUT2D eigenvalue weighted by atomic mass is 10.1. The third kappa shape index (κ3) is 3.89. The van der Waals surface area contributed by atoms with Crippen LogP contribution in [-0.4, -0.2) is 35.4 Å². The summed E-state index contributed by atoms with van der Waals surface area (Å²) in [4.78, 5) is 18.8. The quantitative estimate of drug-likeness (QED) is 0.914. The first-order valence-electron chi connectivity index (χ1n) is 7.79. The second-order valence-electron chi connectivity index (χ2n) is 5.82. The minimum absolute atomic E-state index is 0.0518. The summed E-state index contributed by atoms with van der Waals surface area (Å²) in [6.07, 6.45) is 0.988. The Morgan fingerprint density at radius 3 is 3.09 bits per heavy atom. The number of likely N-dealkylation sites (tertiary alicyclic amines) is 1. The standard InChI is InChI=1S/C17H21N3O2S/c1-12-19-15(11-23-12)10-22-16-4-2-3-14(7-16)17(21)20-6-5-13(8-18)9-20/h2-4,7,11,13H,5-6,8-10,18H2,1H3. The first-order valence-corrected chi connectivity index (χ1v) is 8.67. The van der Waals surface area contributed by atoms with Gasteiger partial charge in [0.05, 0.1) is 10.7 Å². The number of carbonyl (C=O) groups excluding carboxylic acids is 1. The highest BCUT2D eigenvalue weighted by molar-refractivity contribution is 7.09. The number of benzene rings is 1. The van der Waals surface area contributed by atoms with Gasteiger partial charge in [-0.2, -0.15) is 0 Å². The Morgan fingerprint density at radius 2 is 2.39 bits per heavy atom. The summed E-state index contributed by atoms with van der Waals surface area (Å²) in [5, 5.41) is 3.01. The van der Waals surface area contributed by atoms with Crippen molar-refractivity contribution in [1.29, 1.82) is 0 Å². The molecule has 0 saturated carbocycles. The van der Waals surface area contributed by atoms with Crippen LogP contribution in [0, 0.1) is 12.8 Å². The number of carbonyl (C=O) groups is 1. The molecule has 3 rings (SSSR count). The Kier molecular flexibility index (Phi) is 4.93. The normalized spacial score (nSPS) is 17.5. The highest BCUT2D eigenvalue weighted by Gasteiger charge is 2.26. The third-order valence-corrected chi connectivity index (χ3v) is 4.86. The Labute approximate surface area is 140 Å². The van der Waals surface area contributed by atoms with Crippen LogP contribution in [0.2, 0.25) is 0 Å². The molecule has 1 unspecified atom stereocenters. The molecule has 1 saturated heterocycles. The molecule has 0 spiro atoms. The molecule has 0 radical (unpaired) electrons. The van der Waals surface area contributed by atoms with Crippen molar-refractivity contribution in [2.75, 3.05) is 19.6 Å². The van der Waals surface area contributed by atoms with E-state index < -0.39 is 0 Å². The topological polar surface area (TPSA) is 68.5 Å². The molecule has 0 aliphatic carbocycles. The van der Waals surface area contributed by atoms with E-state index in [4.69, 9.17) is 10.5 Å². The first-order chi connectivity index (χ1) is 11.2. The highest BCUT2D eigenvalue weighted by Crippen LogP contribution is 2.21. The summed E-state index contributed by atoms with van der Waals surface area (Å²) in [5.41, 5.74) is 7.27. The van der Waals surface area contributed by atoms with Gasteiger partial charge in [-0.05, 0) is 44.0 Å². The molecule has 1 fully saturated rings. The maximum Gasteiger partial charge on any atom is 0.253 e. The molecule has 23 heavy (non-hydrogen) atoms. The number of hydrogen-bond donors (Lipinski definition) is 1. The van der Waals surface area contributed by atoms with E-state index in [0.717, 1.165) is 30.2 Å². The van der Waals surface area contributed by atoms with Crippen molar-refractivity contribution < 1.29 is 9.53 Å². The van der Waals surface area contributed by atoms with Crippen LogP contribution in [0.5, 0.6) is 5.75 Å². The molecule has 1 atom stereocenters. The summed E-state index contributed by atoms with van der Waals surface area (Å²) in [5.74, 6) is 1.17. The molecule has 1 aliphatic rings. The van der Waals surface area contributed by atoms with Crippen LogP contribution in [-0.2, 0) is 6.61 Å². The Balaban J connectivity index is 1.63. The van der Waals surface area contributed by atoms with Gasteiger partial charge in [0, 0.05) is 24.0 Å². The number of nitrogens with zero attached hydrogens (tertiary/aromatic N) is 2. The number of rotatable bonds is 5. The molecule has 6 heteroatoms. The van der Waals surface area contributed by atoms with Crippen LogP contribution < -0.4 is 10.5 Å². The molecule has 2 aromatic rings. The molecule has 1 aliphatic heterocycles. The molecule has 2 heterocycles. The second-order valence-corrected chi connectivity index (χ2v) is 6.88. The van der Waals surface area contributed by atoms with Crippen molar-refractivity contribution in [2.45, 2.75) is 20.0 Å². The van der Waals surface area contributed by atoms with E-state index in [1.54, 1.807) is 17.4 Å². The minimum atomic E-state index is 0.0518. The van der Waals surface area contributed by atoms with Gasteiger partial charge in [-0.25, -0.2) is 4.98 Å². The lowest BCUT2D eigenvalue weighted by molar-refractivity contribution is 0.0787. The second kappa shape index (κ2) is 7.10. The highest BCUT2D eigenvalue weighted by atomic mass is 32.1. The van der Waals surface area contributed by atoms with Crippen LogP contribution in [0.1, 0.15) is 27.5 Å². The average Bonchev–Trinajstić information content (AvgIpc) is 3.21. The Morgan fingerprint density at radius 1 is 1.52 bits per heavy atom. The summed E-state index contributed by atoms with van der Waals surface area (Å²) < 4.78 is 5.75. The molecular weight excluding hydrogens is 310 g/mol. The zero-order chi connectivity index (χ0) is 16.2. The van der Waals surface area contributed by atoms with Crippen molar-refractivity contribution in [2.24, 2.45) is 11.7 Å². The van der Waals surface area contributed by atoms with Gasteiger partial charge in [-0.1, -0.05) is 6.07 Å². The lowest BCUT2D eigenvalue weighted by Gasteiger charge is -2.16. The summed E-state index contributed by atoms with van der Waals surface area (Å²) >= 11 is 1.60. The molecule has 2 N–H and O–H groups in total. The molecule has 1 amide bonds. The molecule has 122 valence electrons. The van der Waals surface area contributed by atoms with Gasteiger partial charge in [-0.3, -0.25) is 4.79 Å². The van der Waals surface area contributed by atoms with E-state index in [2.05, 4.69) is 4.98 Å². The van der Waals surface area contributed by atoms with E-state index in [0.29, 0.717) is 30.4 Å². The molecule has 0 bridgehead atoms. The fourth-order valence-corrected chi connectivity index (χ4v) is 3.34. The number of thiazole rings is 1. The van der Waals surface area contributed by atoms with Gasteiger partial charge in [0.25, 0.3) is 5.91 Å². The monoisotopic (exact) mass is 331 g/mol. The van der Waals surface area contributed by atoms with Crippen molar-refractivity contribution >= 4 is 17.2 Å². The van der Waals surface area contributed by atoms with Gasteiger partial charge < -0.3 is 15.4 Å². The predicted molar refractivity (Wildman–Crippen MR) is 90.7 cm³/mol. The summed E-state index contributed by atoms with van der Waals surface area (Å²) in [6.45, 7) is 4.56. The molecule has 1 aromatic carbocycles. The Hall–Kier alpha value is -1.92. The van der Waals surface area contributed by atoms with Crippen molar-refractivity contribution in [3.8, 4) is 5.75 Å². The van der Waals surface area contributed by atoms with Crippen LogP contribution in [0.15, 0.2) is 29.6 Å². The fourth-order valence-electron chi connectivity index (χ4n) is 2.74. The maximum atomic E-state index is 12.6. The van der Waals surface area contributed by atoms with Crippen LogP contribution in [0.4, 0.5) is 0 Å². The minimum Gasteiger partial charge on any atom is -0.487 e. The number of aryl methyl sites for hydroxylation is 1. The van der Waals surface area contributed by atoms with Crippen LogP contribution >= 0.6 is 11.3 Å². The van der Waals surface area contributed by atoms with E-state index in [1.165, 1.54) is 0 Å². The molecule has 1 aromatic heterocycles. The van der Waals surface area contributed by atoms with Gasteiger partial charge >= 0.3 is 0 Å². The zero-order valence-electron chi connectivity index (χ0n) is 13.2. The lowest BCUT2D eigenvalue weighted by Crippen LogP contribution is -2.29. The third-order valence-electron chi connectivity index (χ3n) is 4.04. The van der Waals surface area contributed by atoms with Gasteiger partial charge in [0.2, 0.25) is 0 Å². The van der Waals surface area contributed by atoms with Crippen molar-refractivity contribution in [1.82, 2.24) is 9.88 Å². The summed E-state index contributed by atoms with van der Waals surface area (Å²) in [6, 6.07) is 7.35. The smallest absolute Gasteiger partial charge is 0.253 e. The van der Waals surface area contributed by atoms with Crippen molar-refractivity contribution in [3.05, 3.63) is 45.9 Å². The number of aromatic nitrogens is 1. The number of hydrogen-bond acceptors (Lipinski definition) is 5. The van der Waals surface area contributed by atoms with Crippen LogP contribution in [0.25, 0.3) is 0 Å². The molecular formula is C17H21N3O2S. The fraction of sp³-hybridized carbons (Fsp3) is 0.412. The number of nitrogens with two attached hydrogens (primary N) is 1. The number of amides is 1. The SMILES string of the molecule is Cc1nc(COc2cccc(C(=O)N3CCC(CN)C3)c2)cs1. The largest absolute Gasteiger partial charge is 0.487 e. The van der Waals surface area contributed by atoms with Gasteiger partial charge in [0.1, 0.15) is 12.4 Å². The van der Waals surface area contributed by atoms with E-state index in [9.17, 15) is 4.79 Å². The summed E-state index contributed by atoms with van der Waals surface area (Å²) in [7, 11) is 0. The van der Waals surface area contributed by atoms with E-state index in [1.807, 2.05) is 35.4 Å². The van der Waals surface area contributed by atoms with Gasteiger partial charge in [-0.15, -0.1) is 11.3 Å². The van der Waals surface area contributed by atoms with Crippen LogP contribution in [0.3, 0.4) is 0 Å². The zero-order valence-corrected chi connectivity index (χ0v) is 14.0. The van der Waals surface area contributed by atoms with E-state index in [-0.39, 0.29) is 5.91 Å². The number of ether oxygens (including phenoxy) is 1. The maximum absolute atomic E-state index is 12.6. The van der Waals surface area contributed by atoms with Crippen molar-refractivity contribution in [3.63, 3.8) is 0 Å². The molecule has 5 nitrogen and oxygen atoms in total. The first kappa shape index (κ1) is 16.0. The Bertz CT molecular complexity index is 686. The average molecular weight is 331 g/mol. The van der Waals surface area contributed by atoms with E-state index >= 15 is 0 Å². The predicted octanol–water partition coefficient (Wildman–Crippen LogP) is 2.45.